The third kappa shape index (κ3) is 2.35. The molecule has 2 unspecified atom stereocenters. The summed E-state index contributed by atoms with van der Waals surface area (Å²) in [7, 11) is 1.96. The molecule has 1 saturated carbocycles. The first kappa shape index (κ1) is 9.71. The van der Waals surface area contributed by atoms with Gasteiger partial charge in [-0.2, -0.15) is 5.10 Å². The molecule has 2 rings (SSSR count). The Morgan fingerprint density at radius 1 is 1.57 bits per heavy atom. The van der Waals surface area contributed by atoms with Gasteiger partial charge in [0.1, 0.15) is 0 Å². The van der Waals surface area contributed by atoms with Crippen molar-refractivity contribution in [1.29, 1.82) is 0 Å². The van der Waals surface area contributed by atoms with Crippen LogP contribution in [0.4, 0.5) is 0 Å². The Morgan fingerprint density at radius 2 is 2.43 bits per heavy atom. The second-order valence-electron chi connectivity index (χ2n) is 4.48. The first-order valence-electron chi connectivity index (χ1n) is 5.46. The summed E-state index contributed by atoms with van der Waals surface area (Å²) >= 11 is 0. The zero-order valence-corrected chi connectivity index (χ0v) is 9.03. The first-order valence-corrected chi connectivity index (χ1v) is 5.46. The van der Waals surface area contributed by atoms with E-state index in [9.17, 15) is 0 Å². The van der Waals surface area contributed by atoms with Gasteiger partial charge in [0, 0.05) is 25.8 Å². The SMILES string of the molecule is CC1CCC(NCc2ccn(C)n2)C1. The molecule has 14 heavy (non-hydrogen) atoms. The highest BCUT2D eigenvalue weighted by Crippen LogP contribution is 2.24. The van der Waals surface area contributed by atoms with Gasteiger partial charge in [-0.05, 0) is 31.2 Å². The highest BCUT2D eigenvalue weighted by Gasteiger charge is 2.20. The van der Waals surface area contributed by atoms with Crippen LogP contribution in [-0.4, -0.2) is 15.8 Å². The quantitative estimate of drug-likeness (QED) is 0.792. The highest BCUT2D eigenvalue weighted by molar-refractivity contribution is 4.98. The first-order chi connectivity index (χ1) is 6.74. The van der Waals surface area contributed by atoms with Crippen LogP contribution in [0.2, 0.25) is 0 Å². The molecule has 3 nitrogen and oxygen atoms in total. The molecule has 0 amide bonds. The molecular formula is C11H19N3. The predicted molar refractivity (Wildman–Crippen MR) is 56.9 cm³/mol. The van der Waals surface area contributed by atoms with Gasteiger partial charge in [0.25, 0.3) is 0 Å². The molecule has 1 aliphatic rings. The van der Waals surface area contributed by atoms with Crippen molar-refractivity contribution in [2.45, 2.75) is 38.8 Å². The number of nitrogens with zero attached hydrogens (tertiary/aromatic N) is 2. The van der Waals surface area contributed by atoms with Crippen LogP contribution >= 0.6 is 0 Å². The molecule has 3 heteroatoms. The molecule has 78 valence electrons. The number of nitrogens with one attached hydrogen (secondary N) is 1. The van der Waals surface area contributed by atoms with E-state index in [0.717, 1.165) is 18.2 Å². The molecule has 1 fully saturated rings. The zero-order chi connectivity index (χ0) is 9.97. The van der Waals surface area contributed by atoms with Crippen LogP contribution in [0.15, 0.2) is 12.3 Å². The van der Waals surface area contributed by atoms with Gasteiger partial charge in [0.15, 0.2) is 0 Å². The zero-order valence-electron chi connectivity index (χ0n) is 9.03. The molecule has 1 N–H and O–H groups in total. The highest BCUT2D eigenvalue weighted by atomic mass is 15.3. The van der Waals surface area contributed by atoms with Crippen molar-refractivity contribution in [3.05, 3.63) is 18.0 Å². The number of aryl methyl sites for hydroxylation is 1. The Morgan fingerprint density at radius 3 is 3.00 bits per heavy atom. The van der Waals surface area contributed by atoms with Crippen molar-refractivity contribution >= 4 is 0 Å². The van der Waals surface area contributed by atoms with E-state index in [1.54, 1.807) is 0 Å². The summed E-state index contributed by atoms with van der Waals surface area (Å²) in [6.45, 7) is 3.25. The molecule has 0 aromatic carbocycles. The van der Waals surface area contributed by atoms with E-state index >= 15 is 0 Å². The van der Waals surface area contributed by atoms with Crippen LogP contribution in [0.1, 0.15) is 31.9 Å². The second kappa shape index (κ2) is 4.13. The Kier molecular flexibility index (Phi) is 2.87. The fourth-order valence-corrected chi connectivity index (χ4v) is 2.20. The van der Waals surface area contributed by atoms with E-state index in [0.29, 0.717) is 6.04 Å². The van der Waals surface area contributed by atoms with Gasteiger partial charge < -0.3 is 5.32 Å². The molecule has 0 radical (unpaired) electrons. The molecule has 1 aromatic rings. The molecule has 1 heterocycles. The molecule has 1 aromatic heterocycles. The van der Waals surface area contributed by atoms with Gasteiger partial charge in [-0.1, -0.05) is 6.92 Å². The van der Waals surface area contributed by atoms with Crippen molar-refractivity contribution in [2.75, 3.05) is 0 Å². The monoisotopic (exact) mass is 193 g/mol. The lowest BCUT2D eigenvalue weighted by molar-refractivity contribution is 0.496. The van der Waals surface area contributed by atoms with E-state index in [2.05, 4.69) is 23.4 Å². The van der Waals surface area contributed by atoms with Gasteiger partial charge in [-0.15, -0.1) is 0 Å². The van der Waals surface area contributed by atoms with Crippen molar-refractivity contribution in [3.63, 3.8) is 0 Å². The number of aromatic nitrogens is 2. The summed E-state index contributed by atoms with van der Waals surface area (Å²) in [6.07, 6.45) is 6.02. The van der Waals surface area contributed by atoms with Crippen LogP contribution in [0.5, 0.6) is 0 Å². The Hall–Kier alpha value is -0.830. The number of hydrogen-bond acceptors (Lipinski definition) is 2. The maximum absolute atomic E-state index is 4.34. The molecule has 0 aliphatic heterocycles. The summed E-state index contributed by atoms with van der Waals surface area (Å²) in [6, 6.07) is 2.79. The number of rotatable bonds is 3. The van der Waals surface area contributed by atoms with Crippen LogP contribution in [0, 0.1) is 5.92 Å². The van der Waals surface area contributed by atoms with Crippen LogP contribution < -0.4 is 5.32 Å². The lowest BCUT2D eigenvalue weighted by atomic mass is 10.1. The largest absolute Gasteiger partial charge is 0.308 e. The Balaban J connectivity index is 1.77. The van der Waals surface area contributed by atoms with E-state index in [1.807, 2.05) is 17.9 Å². The average Bonchev–Trinajstić information content (AvgIpc) is 2.72. The minimum absolute atomic E-state index is 0.715. The summed E-state index contributed by atoms with van der Waals surface area (Å²) < 4.78 is 1.86. The van der Waals surface area contributed by atoms with Crippen molar-refractivity contribution in [3.8, 4) is 0 Å². The molecule has 1 aliphatic carbocycles. The topological polar surface area (TPSA) is 29.9 Å². The normalized spacial score (nSPS) is 27.0. The van der Waals surface area contributed by atoms with Gasteiger partial charge in [-0.25, -0.2) is 0 Å². The van der Waals surface area contributed by atoms with Crippen molar-refractivity contribution in [1.82, 2.24) is 15.1 Å². The Labute approximate surface area is 85.5 Å². The number of hydrogen-bond donors (Lipinski definition) is 1. The van der Waals surface area contributed by atoms with Crippen molar-refractivity contribution < 1.29 is 0 Å². The summed E-state index contributed by atoms with van der Waals surface area (Å²) in [4.78, 5) is 0. The van der Waals surface area contributed by atoms with Gasteiger partial charge >= 0.3 is 0 Å². The predicted octanol–water partition coefficient (Wildman–Crippen LogP) is 1.70. The lowest BCUT2D eigenvalue weighted by Gasteiger charge is -2.10. The van der Waals surface area contributed by atoms with Gasteiger partial charge in [0.05, 0.1) is 5.69 Å². The maximum Gasteiger partial charge on any atom is 0.0762 e. The third-order valence-electron chi connectivity index (χ3n) is 3.04. The molecular weight excluding hydrogens is 174 g/mol. The van der Waals surface area contributed by atoms with Crippen LogP contribution in [0.25, 0.3) is 0 Å². The average molecular weight is 193 g/mol. The molecule has 0 bridgehead atoms. The van der Waals surface area contributed by atoms with Crippen molar-refractivity contribution in [2.24, 2.45) is 13.0 Å². The lowest BCUT2D eigenvalue weighted by Crippen LogP contribution is -2.26. The fraction of sp³-hybridized carbons (Fsp3) is 0.727. The molecule has 0 saturated heterocycles. The summed E-state index contributed by atoms with van der Waals surface area (Å²) in [5.41, 5.74) is 1.15. The summed E-state index contributed by atoms with van der Waals surface area (Å²) in [5, 5.41) is 7.91. The van der Waals surface area contributed by atoms with Gasteiger partial charge in [0.2, 0.25) is 0 Å². The Bertz CT molecular complexity index is 292. The minimum atomic E-state index is 0.715. The van der Waals surface area contributed by atoms with Crippen LogP contribution in [0.3, 0.4) is 0 Å². The van der Waals surface area contributed by atoms with Gasteiger partial charge in [-0.3, -0.25) is 4.68 Å². The maximum atomic E-state index is 4.34. The van der Waals surface area contributed by atoms with E-state index in [-0.39, 0.29) is 0 Å². The minimum Gasteiger partial charge on any atom is -0.308 e. The summed E-state index contributed by atoms with van der Waals surface area (Å²) in [5.74, 6) is 0.899. The molecule has 0 spiro atoms. The van der Waals surface area contributed by atoms with Crippen LogP contribution in [-0.2, 0) is 13.6 Å². The molecule has 2 atom stereocenters. The van der Waals surface area contributed by atoms with E-state index in [1.165, 1.54) is 19.3 Å². The third-order valence-corrected chi connectivity index (χ3v) is 3.04. The fourth-order valence-electron chi connectivity index (χ4n) is 2.20. The van der Waals surface area contributed by atoms with E-state index in [4.69, 9.17) is 0 Å². The second-order valence-corrected chi connectivity index (χ2v) is 4.48. The van der Waals surface area contributed by atoms with E-state index < -0.39 is 0 Å². The smallest absolute Gasteiger partial charge is 0.0762 e. The standard InChI is InChI=1S/C11H19N3/c1-9-3-4-10(7-9)12-8-11-5-6-14(2)13-11/h5-6,9-10,12H,3-4,7-8H2,1-2H3.